The fourth-order valence-electron chi connectivity index (χ4n) is 2.97. The number of nitrogens with one attached hydrogen (secondary N) is 2. The minimum absolute atomic E-state index is 0.143. The maximum Gasteiger partial charge on any atom is 0.255 e. The molecule has 1 saturated heterocycles. The maximum absolute atomic E-state index is 12.7. The molecule has 0 unspecified atom stereocenters. The van der Waals surface area contributed by atoms with Gasteiger partial charge >= 0.3 is 0 Å². The van der Waals surface area contributed by atoms with Crippen LogP contribution in [-0.4, -0.2) is 35.5 Å². The van der Waals surface area contributed by atoms with Crippen LogP contribution in [0, 0.1) is 6.92 Å². The number of benzene rings is 1. The Hall–Kier alpha value is -2.05. The maximum atomic E-state index is 12.7. The lowest BCUT2D eigenvalue weighted by Crippen LogP contribution is -2.18. The SMILES string of the molecule is C/C=C(C(=O)Nc1ccc(C)c(NC=O)c1)\C(C)=C/CN1CCCCCS1. The van der Waals surface area contributed by atoms with Crippen LogP contribution in [0.1, 0.15) is 38.7 Å². The first-order valence-corrected chi connectivity index (χ1v) is 10.3. The zero-order valence-electron chi connectivity index (χ0n) is 16.4. The van der Waals surface area contributed by atoms with E-state index in [0.717, 1.165) is 24.2 Å². The number of hydrogen-bond acceptors (Lipinski definition) is 4. The van der Waals surface area contributed by atoms with E-state index in [0.29, 0.717) is 23.4 Å². The number of anilines is 2. The highest BCUT2D eigenvalue weighted by atomic mass is 32.2. The van der Waals surface area contributed by atoms with Crippen molar-refractivity contribution in [2.24, 2.45) is 0 Å². The van der Waals surface area contributed by atoms with Gasteiger partial charge in [0.15, 0.2) is 0 Å². The lowest BCUT2D eigenvalue weighted by Gasteiger charge is -2.17. The summed E-state index contributed by atoms with van der Waals surface area (Å²) in [6, 6.07) is 5.47. The molecule has 1 aromatic carbocycles. The number of amides is 2. The molecular weight excluding hydrogens is 358 g/mol. The second-order valence-electron chi connectivity index (χ2n) is 6.62. The Kier molecular flexibility index (Phi) is 8.61. The van der Waals surface area contributed by atoms with E-state index in [-0.39, 0.29) is 5.91 Å². The van der Waals surface area contributed by atoms with Crippen molar-refractivity contribution in [2.45, 2.75) is 40.0 Å². The van der Waals surface area contributed by atoms with Gasteiger partial charge < -0.3 is 10.6 Å². The Labute approximate surface area is 166 Å². The quantitative estimate of drug-likeness (QED) is 0.312. The van der Waals surface area contributed by atoms with Gasteiger partial charge in [0.1, 0.15) is 0 Å². The minimum atomic E-state index is -0.143. The van der Waals surface area contributed by atoms with Crippen LogP contribution in [0.5, 0.6) is 0 Å². The van der Waals surface area contributed by atoms with Gasteiger partial charge in [0.25, 0.3) is 5.91 Å². The van der Waals surface area contributed by atoms with Crippen molar-refractivity contribution in [3.8, 4) is 0 Å². The smallest absolute Gasteiger partial charge is 0.255 e. The van der Waals surface area contributed by atoms with E-state index < -0.39 is 0 Å². The molecule has 5 nitrogen and oxygen atoms in total. The number of allylic oxidation sites excluding steroid dienone is 1. The first kappa shape index (κ1) is 21.3. The van der Waals surface area contributed by atoms with Gasteiger partial charge in [0.2, 0.25) is 6.41 Å². The summed E-state index contributed by atoms with van der Waals surface area (Å²) in [7, 11) is 0. The highest BCUT2D eigenvalue weighted by Gasteiger charge is 2.13. The van der Waals surface area contributed by atoms with Gasteiger partial charge in [-0.2, -0.15) is 0 Å². The average molecular weight is 388 g/mol. The van der Waals surface area contributed by atoms with Crippen molar-refractivity contribution in [3.63, 3.8) is 0 Å². The summed E-state index contributed by atoms with van der Waals surface area (Å²) in [5.74, 6) is 1.03. The van der Waals surface area contributed by atoms with Crippen LogP contribution in [-0.2, 0) is 9.59 Å². The van der Waals surface area contributed by atoms with Gasteiger partial charge in [-0.15, -0.1) is 0 Å². The zero-order valence-corrected chi connectivity index (χ0v) is 17.2. The number of hydrogen-bond donors (Lipinski definition) is 2. The Morgan fingerprint density at radius 3 is 2.85 bits per heavy atom. The molecule has 0 aliphatic carbocycles. The van der Waals surface area contributed by atoms with Crippen LogP contribution in [0.2, 0.25) is 0 Å². The fraction of sp³-hybridized carbons (Fsp3) is 0.429. The average Bonchev–Trinajstić information content (AvgIpc) is 2.92. The van der Waals surface area contributed by atoms with Crippen molar-refractivity contribution in [1.29, 1.82) is 0 Å². The first-order valence-electron chi connectivity index (χ1n) is 9.38. The Morgan fingerprint density at radius 2 is 2.11 bits per heavy atom. The van der Waals surface area contributed by atoms with Gasteiger partial charge in [-0.1, -0.05) is 36.6 Å². The molecule has 0 saturated carbocycles. The minimum Gasteiger partial charge on any atom is -0.328 e. The molecule has 0 bridgehead atoms. The lowest BCUT2D eigenvalue weighted by molar-refractivity contribution is -0.112. The van der Waals surface area contributed by atoms with E-state index in [1.54, 1.807) is 6.07 Å². The summed E-state index contributed by atoms with van der Waals surface area (Å²) in [5, 5.41) is 5.58. The number of nitrogens with zero attached hydrogens (tertiary/aromatic N) is 1. The largest absolute Gasteiger partial charge is 0.328 e. The predicted octanol–water partition coefficient (Wildman–Crippen LogP) is 4.53. The van der Waals surface area contributed by atoms with Crippen molar-refractivity contribution in [3.05, 3.63) is 47.1 Å². The molecule has 6 heteroatoms. The van der Waals surface area contributed by atoms with E-state index in [4.69, 9.17) is 0 Å². The highest BCUT2D eigenvalue weighted by molar-refractivity contribution is 7.97. The van der Waals surface area contributed by atoms with E-state index >= 15 is 0 Å². The number of carbonyl (C=O) groups is 2. The Bertz CT molecular complexity index is 720. The zero-order chi connectivity index (χ0) is 19.6. The molecule has 2 rings (SSSR count). The molecule has 1 aromatic rings. The second-order valence-corrected chi connectivity index (χ2v) is 7.80. The monoisotopic (exact) mass is 387 g/mol. The second kappa shape index (κ2) is 10.9. The Morgan fingerprint density at radius 1 is 1.30 bits per heavy atom. The molecule has 146 valence electrons. The summed E-state index contributed by atoms with van der Waals surface area (Å²) >= 11 is 1.90. The van der Waals surface area contributed by atoms with Crippen LogP contribution in [0.15, 0.2) is 41.5 Å². The summed E-state index contributed by atoms with van der Waals surface area (Å²) in [4.78, 5) is 23.4. The molecule has 2 amide bonds. The molecule has 27 heavy (non-hydrogen) atoms. The summed E-state index contributed by atoms with van der Waals surface area (Å²) in [5.41, 5.74) is 3.93. The lowest BCUT2D eigenvalue weighted by atomic mass is 10.1. The van der Waals surface area contributed by atoms with Gasteiger partial charge in [0.05, 0.1) is 0 Å². The molecule has 1 aliphatic rings. The molecular formula is C21H29N3O2S. The molecule has 1 heterocycles. The summed E-state index contributed by atoms with van der Waals surface area (Å²) < 4.78 is 2.37. The predicted molar refractivity (Wildman–Crippen MR) is 115 cm³/mol. The number of aryl methyl sites for hydroxylation is 1. The molecule has 0 spiro atoms. The molecule has 1 fully saturated rings. The van der Waals surface area contributed by atoms with Gasteiger partial charge in [-0.3, -0.25) is 9.59 Å². The van der Waals surface area contributed by atoms with Crippen LogP contribution in [0.4, 0.5) is 11.4 Å². The fourth-order valence-corrected chi connectivity index (χ4v) is 4.00. The van der Waals surface area contributed by atoms with E-state index in [1.165, 1.54) is 25.0 Å². The van der Waals surface area contributed by atoms with Crippen molar-refractivity contribution >= 4 is 35.6 Å². The van der Waals surface area contributed by atoms with Crippen LogP contribution in [0.25, 0.3) is 0 Å². The highest BCUT2D eigenvalue weighted by Crippen LogP contribution is 2.22. The third kappa shape index (κ3) is 6.56. The molecule has 0 atom stereocenters. The van der Waals surface area contributed by atoms with Gasteiger partial charge in [-0.05, 0) is 56.9 Å². The normalized spacial score (nSPS) is 16.6. The topological polar surface area (TPSA) is 61.4 Å². The molecule has 0 radical (unpaired) electrons. The standard InChI is InChI=1S/C21H29N3O2S/c1-4-19(16(2)10-12-24-11-6-5-7-13-27-24)21(26)23-18-9-8-17(3)20(14-18)22-15-25/h4,8-10,14-15H,5-7,11-13H2,1-3H3,(H,22,25)(H,23,26)/b16-10-,19-4+. The first-order chi connectivity index (χ1) is 13.0. The third-order valence-electron chi connectivity index (χ3n) is 4.59. The van der Waals surface area contributed by atoms with Gasteiger partial charge in [-0.25, -0.2) is 4.31 Å². The third-order valence-corrected chi connectivity index (χ3v) is 5.76. The van der Waals surface area contributed by atoms with Crippen molar-refractivity contribution < 1.29 is 9.59 Å². The van der Waals surface area contributed by atoms with E-state index in [2.05, 4.69) is 21.0 Å². The number of carbonyl (C=O) groups excluding carboxylic acids is 2. The van der Waals surface area contributed by atoms with Crippen molar-refractivity contribution in [2.75, 3.05) is 29.5 Å². The summed E-state index contributed by atoms with van der Waals surface area (Å²) in [6.07, 6.45) is 8.42. The molecule has 1 aliphatic heterocycles. The molecule has 0 aromatic heterocycles. The van der Waals surface area contributed by atoms with Crippen LogP contribution < -0.4 is 10.6 Å². The van der Waals surface area contributed by atoms with Crippen LogP contribution >= 0.6 is 11.9 Å². The van der Waals surface area contributed by atoms with Gasteiger partial charge in [0, 0.05) is 35.8 Å². The molecule has 2 N–H and O–H groups in total. The van der Waals surface area contributed by atoms with E-state index in [9.17, 15) is 9.59 Å². The van der Waals surface area contributed by atoms with Crippen molar-refractivity contribution in [1.82, 2.24) is 4.31 Å². The van der Waals surface area contributed by atoms with Crippen LogP contribution in [0.3, 0.4) is 0 Å². The Balaban J connectivity index is 2.03. The summed E-state index contributed by atoms with van der Waals surface area (Å²) in [6.45, 7) is 7.71. The van der Waals surface area contributed by atoms with E-state index in [1.807, 2.05) is 50.9 Å². The number of rotatable bonds is 7.